The second-order valence-corrected chi connectivity index (χ2v) is 5.36. The van der Waals surface area contributed by atoms with Gasteiger partial charge in [-0.3, -0.25) is 4.79 Å². The minimum Gasteiger partial charge on any atom is -0.345 e. The summed E-state index contributed by atoms with van der Waals surface area (Å²) in [5.41, 5.74) is 6.41. The lowest BCUT2D eigenvalue weighted by atomic mass is 10.1. The van der Waals surface area contributed by atoms with Crippen molar-refractivity contribution in [3.63, 3.8) is 0 Å². The highest BCUT2D eigenvalue weighted by molar-refractivity contribution is 7.14. The number of hydrogen-bond acceptors (Lipinski definition) is 3. The third-order valence-corrected chi connectivity index (χ3v) is 3.79. The molecule has 1 heterocycles. The van der Waals surface area contributed by atoms with Gasteiger partial charge in [0, 0.05) is 0 Å². The van der Waals surface area contributed by atoms with Crippen LogP contribution in [0.2, 0.25) is 0 Å². The van der Waals surface area contributed by atoms with Crippen LogP contribution in [-0.4, -0.2) is 12.5 Å². The van der Waals surface area contributed by atoms with Crippen molar-refractivity contribution in [2.45, 2.75) is 13.0 Å². The van der Waals surface area contributed by atoms with E-state index in [2.05, 4.69) is 17.2 Å². The average molecular weight is 284 g/mol. The lowest BCUT2D eigenvalue weighted by Crippen LogP contribution is -2.25. The summed E-state index contributed by atoms with van der Waals surface area (Å²) in [6, 6.07) is 13.5. The number of amides is 1. The second kappa shape index (κ2) is 6.90. The first-order valence-corrected chi connectivity index (χ1v) is 7.17. The number of benzene rings is 1. The van der Waals surface area contributed by atoms with Crippen LogP contribution in [-0.2, 0) is 0 Å². The molecule has 1 unspecified atom stereocenters. The van der Waals surface area contributed by atoms with Gasteiger partial charge in [-0.25, -0.2) is 0 Å². The second-order valence-electron chi connectivity index (χ2n) is 4.28. The van der Waals surface area contributed by atoms with Gasteiger partial charge in [0.25, 0.3) is 5.91 Å². The molecule has 0 saturated heterocycles. The fourth-order valence-electron chi connectivity index (χ4n) is 1.76. The van der Waals surface area contributed by atoms with E-state index in [1.165, 1.54) is 11.3 Å². The van der Waals surface area contributed by atoms with Crippen LogP contribution in [0.5, 0.6) is 0 Å². The number of nitrogens with two attached hydrogens (primary N) is 1. The molecule has 1 amide bonds. The van der Waals surface area contributed by atoms with Crippen molar-refractivity contribution in [1.29, 1.82) is 0 Å². The minimum atomic E-state index is -0.0767. The lowest BCUT2D eigenvalue weighted by Gasteiger charge is -2.13. The standard InChI is InChI=1S/C16H16N2OS/c1-12(13-6-3-2-4-7-13)18-16(19)15-10-9-14(20-15)8-5-11-17/h2-4,6-7,9-10,12H,11,17H2,1H3,(H,18,19). The maximum Gasteiger partial charge on any atom is 0.261 e. The molecular formula is C16H16N2OS. The summed E-state index contributed by atoms with van der Waals surface area (Å²) in [7, 11) is 0. The van der Waals surface area contributed by atoms with E-state index in [-0.39, 0.29) is 11.9 Å². The quantitative estimate of drug-likeness (QED) is 0.851. The first-order chi connectivity index (χ1) is 9.70. The van der Waals surface area contributed by atoms with Gasteiger partial charge in [0.2, 0.25) is 0 Å². The molecule has 3 N–H and O–H groups in total. The van der Waals surface area contributed by atoms with Gasteiger partial charge >= 0.3 is 0 Å². The van der Waals surface area contributed by atoms with Crippen LogP contribution < -0.4 is 11.1 Å². The van der Waals surface area contributed by atoms with E-state index in [1.807, 2.05) is 43.3 Å². The zero-order valence-corrected chi connectivity index (χ0v) is 12.0. The Hall–Kier alpha value is -2.09. The molecule has 0 saturated carbocycles. The van der Waals surface area contributed by atoms with Crippen molar-refractivity contribution in [3.05, 3.63) is 57.8 Å². The van der Waals surface area contributed by atoms with Crippen molar-refractivity contribution in [2.75, 3.05) is 6.54 Å². The maximum atomic E-state index is 12.1. The summed E-state index contributed by atoms with van der Waals surface area (Å²) in [5, 5.41) is 2.98. The largest absolute Gasteiger partial charge is 0.345 e. The van der Waals surface area contributed by atoms with Gasteiger partial charge in [0.05, 0.1) is 22.3 Å². The molecular weight excluding hydrogens is 268 g/mol. The number of hydrogen-bond donors (Lipinski definition) is 2. The number of rotatable bonds is 3. The van der Waals surface area contributed by atoms with E-state index in [1.54, 1.807) is 6.07 Å². The Morgan fingerprint density at radius 2 is 2.05 bits per heavy atom. The van der Waals surface area contributed by atoms with E-state index in [0.717, 1.165) is 10.4 Å². The predicted molar refractivity (Wildman–Crippen MR) is 82.6 cm³/mol. The Morgan fingerprint density at radius 1 is 1.30 bits per heavy atom. The van der Waals surface area contributed by atoms with Crippen LogP contribution in [0.15, 0.2) is 42.5 Å². The van der Waals surface area contributed by atoms with E-state index in [9.17, 15) is 4.79 Å². The molecule has 0 aliphatic heterocycles. The van der Waals surface area contributed by atoms with Gasteiger partial charge in [0.1, 0.15) is 0 Å². The normalized spacial score (nSPS) is 11.3. The number of nitrogens with one attached hydrogen (secondary N) is 1. The molecule has 4 heteroatoms. The molecule has 0 fully saturated rings. The SMILES string of the molecule is CC(NC(=O)c1ccc(C#CCN)s1)c1ccccc1. The Labute approximate surface area is 122 Å². The molecule has 102 valence electrons. The lowest BCUT2D eigenvalue weighted by molar-refractivity contribution is 0.0944. The van der Waals surface area contributed by atoms with E-state index in [0.29, 0.717) is 11.4 Å². The first-order valence-electron chi connectivity index (χ1n) is 6.35. The van der Waals surface area contributed by atoms with E-state index < -0.39 is 0 Å². The average Bonchev–Trinajstić information content (AvgIpc) is 2.95. The van der Waals surface area contributed by atoms with Crippen molar-refractivity contribution in [1.82, 2.24) is 5.32 Å². The van der Waals surface area contributed by atoms with Gasteiger partial charge in [0.15, 0.2) is 0 Å². The van der Waals surface area contributed by atoms with Crippen LogP contribution in [0.1, 0.15) is 33.1 Å². The molecule has 0 spiro atoms. The molecule has 20 heavy (non-hydrogen) atoms. The van der Waals surface area contributed by atoms with E-state index in [4.69, 9.17) is 5.73 Å². The molecule has 1 atom stereocenters. The Kier molecular flexibility index (Phi) is 4.94. The molecule has 2 aromatic rings. The van der Waals surface area contributed by atoms with Crippen molar-refractivity contribution in [3.8, 4) is 11.8 Å². The summed E-state index contributed by atoms with van der Waals surface area (Å²) in [5.74, 6) is 5.63. The number of carbonyl (C=O) groups excluding carboxylic acids is 1. The van der Waals surface area contributed by atoms with Crippen molar-refractivity contribution >= 4 is 17.2 Å². The number of thiophene rings is 1. The Morgan fingerprint density at radius 3 is 2.75 bits per heavy atom. The molecule has 0 radical (unpaired) electrons. The van der Waals surface area contributed by atoms with Gasteiger partial charge in [-0.15, -0.1) is 11.3 Å². The Balaban J connectivity index is 2.03. The van der Waals surface area contributed by atoms with Crippen LogP contribution in [0.3, 0.4) is 0 Å². The van der Waals surface area contributed by atoms with E-state index >= 15 is 0 Å². The van der Waals surface area contributed by atoms with Gasteiger partial charge in [-0.05, 0) is 24.6 Å². The smallest absolute Gasteiger partial charge is 0.261 e. The van der Waals surface area contributed by atoms with Crippen molar-refractivity contribution < 1.29 is 4.79 Å². The molecule has 1 aromatic carbocycles. The summed E-state index contributed by atoms with van der Waals surface area (Å²) >= 11 is 1.38. The van der Waals surface area contributed by atoms with Crippen LogP contribution >= 0.6 is 11.3 Å². The monoisotopic (exact) mass is 284 g/mol. The zero-order valence-electron chi connectivity index (χ0n) is 11.2. The van der Waals surface area contributed by atoms with Crippen molar-refractivity contribution in [2.24, 2.45) is 5.73 Å². The summed E-state index contributed by atoms with van der Waals surface area (Å²) in [6.07, 6.45) is 0. The van der Waals surface area contributed by atoms with Gasteiger partial charge in [-0.2, -0.15) is 0 Å². The minimum absolute atomic E-state index is 0.0237. The molecule has 2 rings (SSSR count). The highest BCUT2D eigenvalue weighted by atomic mass is 32.1. The fourth-order valence-corrected chi connectivity index (χ4v) is 2.54. The summed E-state index contributed by atoms with van der Waals surface area (Å²) in [4.78, 5) is 13.7. The predicted octanol–water partition coefficient (Wildman–Crippen LogP) is 2.55. The molecule has 0 aliphatic rings. The highest BCUT2D eigenvalue weighted by Crippen LogP contribution is 2.17. The number of carbonyl (C=O) groups is 1. The summed E-state index contributed by atoms with van der Waals surface area (Å²) in [6.45, 7) is 2.29. The summed E-state index contributed by atoms with van der Waals surface area (Å²) < 4.78 is 0. The third-order valence-electron chi connectivity index (χ3n) is 2.79. The van der Waals surface area contributed by atoms with Crippen LogP contribution in [0.25, 0.3) is 0 Å². The van der Waals surface area contributed by atoms with Crippen LogP contribution in [0, 0.1) is 11.8 Å². The fraction of sp³-hybridized carbons (Fsp3) is 0.188. The molecule has 1 aromatic heterocycles. The topological polar surface area (TPSA) is 55.1 Å². The van der Waals surface area contributed by atoms with Gasteiger partial charge < -0.3 is 11.1 Å². The first kappa shape index (κ1) is 14.3. The Bertz CT molecular complexity index is 637. The highest BCUT2D eigenvalue weighted by Gasteiger charge is 2.12. The van der Waals surface area contributed by atoms with Gasteiger partial charge in [-0.1, -0.05) is 42.2 Å². The molecule has 0 bridgehead atoms. The molecule has 3 nitrogen and oxygen atoms in total. The third kappa shape index (κ3) is 3.70. The maximum absolute atomic E-state index is 12.1. The zero-order chi connectivity index (χ0) is 14.4. The van der Waals surface area contributed by atoms with Crippen LogP contribution in [0.4, 0.5) is 0 Å². The molecule has 0 aliphatic carbocycles.